The average Bonchev–Trinajstić information content (AvgIpc) is 3.16. The van der Waals surface area contributed by atoms with E-state index in [2.05, 4.69) is 28.9 Å². The van der Waals surface area contributed by atoms with E-state index in [4.69, 9.17) is 9.47 Å². The Kier molecular flexibility index (Phi) is 5.34. The summed E-state index contributed by atoms with van der Waals surface area (Å²) in [5.74, 6) is 0.519. The molecule has 1 aromatic carbocycles. The number of likely N-dealkylation sites (tertiary alicyclic amines) is 1. The summed E-state index contributed by atoms with van der Waals surface area (Å²) in [7, 11) is 3.07. The highest BCUT2D eigenvalue weighted by molar-refractivity contribution is 5.89. The Balaban J connectivity index is 1.83. The van der Waals surface area contributed by atoms with Gasteiger partial charge in [-0.2, -0.15) is 0 Å². The Hall–Kier alpha value is -2.40. The molecule has 0 unspecified atom stereocenters. The van der Waals surface area contributed by atoms with Crippen molar-refractivity contribution >= 4 is 5.97 Å². The lowest BCUT2D eigenvalue weighted by atomic mass is 10.0. The summed E-state index contributed by atoms with van der Waals surface area (Å²) in [6.07, 6.45) is 5.61. The third kappa shape index (κ3) is 3.66. The molecule has 5 nitrogen and oxygen atoms in total. The summed E-state index contributed by atoms with van der Waals surface area (Å²) >= 11 is 0. The van der Waals surface area contributed by atoms with Gasteiger partial charge in [-0.3, -0.25) is 9.88 Å². The number of carbonyl (C=O) groups excluding carboxylic acids is 1. The molecule has 132 valence electrons. The Morgan fingerprint density at radius 1 is 1.24 bits per heavy atom. The normalized spacial score (nSPS) is 18.8. The van der Waals surface area contributed by atoms with E-state index in [9.17, 15) is 4.79 Å². The van der Waals surface area contributed by atoms with E-state index >= 15 is 0 Å². The van der Waals surface area contributed by atoms with Crippen molar-refractivity contribution in [1.82, 2.24) is 9.88 Å². The Morgan fingerprint density at radius 2 is 2.00 bits per heavy atom. The third-order valence-electron chi connectivity index (χ3n) is 4.96. The predicted octanol–water partition coefficient (Wildman–Crippen LogP) is 3.77. The van der Waals surface area contributed by atoms with Crippen LogP contribution in [0.1, 0.15) is 53.3 Å². The van der Waals surface area contributed by atoms with Gasteiger partial charge in [0.05, 0.1) is 19.8 Å². The van der Waals surface area contributed by atoms with Gasteiger partial charge in [-0.25, -0.2) is 4.79 Å². The van der Waals surface area contributed by atoms with Crippen molar-refractivity contribution in [3.05, 3.63) is 59.4 Å². The molecule has 0 N–H and O–H groups in total. The van der Waals surface area contributed by atoms with Gasteiger partial charge < -0.3 is 9.47 Å². The molecule has 3 rings (SSSR count). The summed E-state index contributed by atoms with van der Waals surface area (Å²) < 4.78 is 10.1. The maximum atomic E-state index is 11.8. The van der Waals surface area contributed by atoms with Crippen LogP contribution < -0.4 is 4.74 Å². The zero-order chi connectivity index (χ0) is 17.8. The molecular formula is C20H24N2O3. The van der Waals surface area contributed by atoms with Crippen molar-refractivity contribution in [1.29, 1.82) is 0 Å². The number of benzene rings is 1. The summed E-state index contributed by atoms with van der Waals surface area (Å²) in [4.78, 5) is 18.5. The smallest absolute Gasteiger partial charge is 0.339 e. The number of hydrogen-bond acceptors (Lipinski definition) is 5. The molecule has 1 aromatic heterocycles. The monoisotopic (exact) mass is 340 g/mol. The van der Waals surface area contributed by atoms with Crippen LogP contribution in [0.4, 0.5) is 0 Å². The maximum Gasteiger partial charge on any atom is 0.339 e. The van der Waals surface area contributed by atoms with Gasteiger partial charge in [0.25, 0.3) is 0 Å². The number of pyridine rings is 1. The van der Waals surface area contributed by atoms with Gasteiger partial charge in [-0.05, 0) is 55.6 Å². The van der Waals surface area contributed by atoms with E-state index in [-0.39, 0.29) is 18.1 Å². The van der Waals surface area contributed by atoms with Crippen molar-refractivity contribution in [2.45, 2.75) is 31.8 Å². The second kappa shape index (κ2) is 7.66. The Morgan fingerprint density at radius 3 is 2.68 bits per heavy atom. The fraction of sp³-hybridized carbons (Fsp3) is 0.400. The molecule has 2 aromatic rings. The maximum absolute atomic E-state index is 11.8. The molecule has 2 heterocycles. The largest absolute Gasteiger partial charge is 0.497 e. The van der Waals surface area contributed by atoms with Crippen LogP contribution in [0.2, 0.25) is 0 Å². The summed E-state index contributed by atoms with van der Waals surface area (Å²) in [6, 6.07) is 10.7. The Bertz CT molecular complexity index is 730. The number of hydrogen-bond donors (Lipinski definition) is 0. The lowest BCUT2D eigenvalue weighted by Crippen LogP contribution is -2.27. The quantitative estimate of drug-likeness (QED) is 0.776. The molecule has 0 aliphatic carbocycles. The van der Waals surface area contributed by atoms with Crippen LogP contribution in [0, 0.1) is 0 Å². The Labute approximate surface area is 148 Å². The highest BCUT2D eigenvalue weighted by Gasteiger charge is 2.31. The number of carbonyl (C=O) groups is 1. The van der Waals surface area contributed by atoms with Crippen molar-refractivity contribution in [3.8, 4) is 5.75 Å². The van der Waals surface area contributed by atoms with Gasteiger partial charge in [0.2, 0.25) is 0 Å². The van der Waals surface area contributed by atoms with Crippen molar-refractivity contribution in [3.63, 3.8) is 0 Å². The van der Waals surface area contributed by atoms with Crippen LogP contribution >= 0.6 is 0 Å². The minimum atomic E-state index is -0.345. The lowest BCUT2D eigenvalue weighted by Gasteiger charge is -2.31. The highest BCUT2D eigenvalue weighted by Crippen LogP contribution is 2.38. The van der Waals surface area contributed by atoms with Crippen LogP contribution in [0.25, 0.3) is 0 Å². The zero-order valence-electron chi connectivity index (χ0n) is 14.9. The second-order valence-electron chi connectivity index (χ2n) is 6.34. The van der Waals surface area contributed by atoms with Gasteiger partial charge in [-0.15, -0.1) is 0 Å². The summed E-state index contributed by atoms with van der Waals surface area (Å²) in [5.41, 5.74) is 2.83. The zero-order valence-corrected chi connectivity index (χ0v) is 14.9. The molecule has 0 amide bonds. The molecule has 25 heavy (non-hydrogen) atoms. The number of ether oxygens (including phenoxy) is 2. The molecule has 1 fully saturated rings. The number of esters is 1. The molecule has 0 saturated carbocycles. The van der Waals surface area contributed by atoms with Crippen LogP contribution in [-0.2, 0) is 4.74 Å². The number of aromatic nitrogens is 1. The third-order valence-corrected chi connectivity index (χ3v) is 4.96. The standard InChI is InChI=1S/C20H24N2O3/c1-14(15-6-8-18(24-2)9-7-15)22-10-4-5-19(22)16-11-17(13-21-12-16)20(23)25-3/h6-9,11-14,19H,4-5,10H2,1-3H3/t14-,19+/m1/s1. The summed E-state index contributed by atoms with van der Waals surface area (Å²) in [6.45, 7) is 3.25. The van der Waals surface area contributed by atoms with Gasteiger partial charge in [-0.1, -0.05) is 12.1 Å². The van der Waals surface area contributed by atoms with Crippen molar-refractivity contribution in [2.75, 3.05) is 20.8 Å². The summed E-state index contributed by atoms with van der Waals surface area (Å²) in [5, 5.41) is 0. The molecule has 1 aliphatic rings. The number of nitrogens with zero attached hydrogens (tertiary/aromatic N) is 2. The molecule has 1 saturated heterocycles. The fourth-order valence-electron chi connectivity index (χ4n) is 3.55. The first-order chi connectivity index (χ1) is 12.1. The molecule has 1 aliphatic heterocycles. The fourth-order valence-corrected chi connectivity index (χ4v) is 3.55. The van der Waals surface area contributed by atoms with Crippen molar-refractivity contribution < 1.29 is 14.3 Å². The van der Waals surface area contributed by atoms with Gasteiger partial charge in [0, 0.05) is 24.5 Å². The van der Waals surface area contributed by atoms with Gasteiger partial charge >= 0.3 is 5.97 Å². The minimum absolute atomic E-state index is 0.259. The first-order valence-corrected chi connectivity index (χ1v) is 8.57. The molecule has 2 atom stereocenters. The van der Waals surface area contributed by atoms with Crippen LogP contribution in [0.5, 0.6) is 5.75 Å². The van der Waals surface area contributed by atoms with E-state index in [1.807, 2.05) is 24.4 Å². The van der Waals surface area contributed by atoms with E-state index in [1.54, 1.807) is 13.3 Å². The molecule has 0 spiro atoms. The minimum Gasteiger partial charge on any atom is -0.497 e. The lowest BCUT2D eigenvalue weighted by molar-refractivity contribution is 0.0600. The topological polar surface area (TPSA) is 51.7 Å². The highest BCUT2D eigenvalue weighted by atomic mass is 16.5. The van der Waals surface area contributed by atoms with E-state index in [0.29, 0.717) is 5.56 Å². The number of rotatable bonds is 5. The first kappa shape index (κ1) is 17.4. The van der Waals surface area contributed by atoms with Crippen LogP contribution in [-0.4, -0.2) is 36.6 Å². The second-order valence-corrected chi connectivity index (χ2v) is 6.34. The number of methoxy groups -OCH3 is 2. The van der Waals surface area contributed by atoms with Gasteiger partial charge in [0.15, 0.2) is 0 Å². The van der Waals surface area contributed by atoms with Crippen LogP contribution in [0.3, 0.4) is 0 Å². The average molecular weight is 340 g/mol. The molecule has 0 radical (unpaired) electrons. The van der Waals surface area contributed by atoms with Crippen LogP contribution in [0.15, 0.2) is 42.7 Å². The van der Waals surface area contributed by atoms with E-state index in [1.165, 1.54) is 12.7 Å². The molecule has 5 heteroatoms. The first-order valence-electron chi connectivity index (χ1n) is 8.57. The molecular weight excluding hydrogens is 316 g/mol. The van der Waals surface area contributed by atoms with E-state index < -0.39 is 0 Å². The predicted molar refractivity (Wildman–Crippen MR) is 95.7 cm³/mol. The van der Waals surface area contributed by atoms with Gasteiger partial charge in [0.1, 0.15) is 5.75 Å². The molecule has 0 bridgehead atoms. The van der Waals surface area contributed by atoms with E-state index in [0.717, 1.165) is 30.7 Å². The SMILES string of the molecule is COC(=O)c1cncc([C@@H]2CCCN2[C@H](C)c2ccc(OC)cc2)c1. The van der Waals surface area contributed by atoms with Crippen molar-refractivity contribution in [2.24, 2.45) is 0 Å².